The Morgan fingerprint density at radius 1 is 0.952 bits per heavy atom. The van der Waals surface area contributed by atoms with Crippen LogP contribution in [0, 0.1) is 5.21 Å². The van der Waals surface area contributed by atoms with Gasteiger partial charge in [0.05, 0.1) is 0 Å². The zero-order valence-corrected chi connectivity index (χ0v) is 12.3. The van der Waals surface area contributed by atoms with Crippen LogP contribution in [-0.2, 0) is 6.42 Å². The van der Waals surface area contributed by atoms with Gasteiger partial charge in [-0.15, -0.1) is 0 Å². The first kappa shape index (κ1) is 13.6. The molecule has 1 heterocycles. The van der Waals surface area contributed by atoms with Crippen molar-refractivity contribution < 1.29 is 4.73 Å². The molecule has 2 heteroatoms. The van der Waals surface area contributed by atoms with Crippen LogP contribution < -0.4 is 4.73 Å². The Kier molecular flexibility index (Phi) is 3.87. The van der Waals surface area contributed by atoms with Crippen LogP contribution in [0.2, 0.25) is 0 Å². The van der Waals surface area contributed by atoms with E-state index in [1.165, 1.54) is 0 Å². The van der Waals surface area contributed by atoms with Crippen molar-refractivity contribution in [3.63, 3.8) is 0 Å². The summed E-state index contributed by atoms with van der Waals surface area (Å²) in [7, 11) is 0. The molecule has 0 aliphatic heterocycles. The van der Waals surface area contributed by atoms with Gasteiger partial charge < -0.3 is 5.21 Å². The highest BCUT2D eigenvalue weighted by molar-refractivity contribution is 5.79. The van der Waals surface area contributed by atoms with E-state index in [4.69, 9.17) is 0 Å². The number of rotatable bonds is 4. The molecule has 0 radical (unpaired) electrons. The lowest BCUT2D eigenvalue weighted by Gasteiger charge is -2.12. The van der Waals surface area contributed by atoms with Crippen molar-refractivity contribution in [3.8, 4) is 11.3 Å². The number of para-hydroxylation sites is 1. The first-order valence-corrected chi connectivity index (χ1v) is 7.51. The molecule has 0 saturated carbocycles. The normalized spacial score (nSPS) is 10.9. The van der Waals surface area contributed by atoms with E-state index in [0.29, 0.717) is 0 Å². The van der Waals surface area contributed by atoms with Crippen LogP contribution in [0.25, 0.3) is 22.2 Å². The molecule has 2 aromatic carbocycles. The number of aryl methyl sites for hydroxylation is 1. The fourth-order valence-electron chi connectivity index (χ4n) is 2.76. The van der Waals surface area contributed by atoms with Crippen LogP contribution >= 0.6 is 0 Å². The third kappa shape index (κ3) is 2.62. The van der Waals surface area contributed by atoms with E-state index in [1.54, 1.807) is 0 Å². The average Bonchev–Trinajstić information content (AvgIpc) is 2.54. The Hall–Kier alpha value is -2.35. The Balaban J connectivity index is 2.26. The number of hydrogen-bond donors (Lipinski definition) is 0. The lowest BCUT2D eigenvalue weighted by Crippen LogP contribution is -2.31. The van der Waals surface area contributed by atoms with Crippen molar-refractivity contribution in [2.75, 3.05) is 0 Å². The fraction of sp³-hybridized carbons (Fsp3) is 0.211. The molecule has 0 amide bonds. The summed E-state index contributed by atoms with van der Waals surface area (Å²) in [5, 5.41) is 13.8. The van der Waals surface area contributed by atoms with Crippen LogP contribution in [-0.4, -0.2) is 0 Å². The average molecular weight is 277 g/mol. The molecule has 0 saturated heterocycles. The maximum atomic E-state index is 12.8. The monoisotopic (exact) mass is 277 g/mol. The molecule has 0 fully saturated rings. The molecule has 0 spiro atoms. The second kappa shape index (κ2) is 5.96. The first-order chi connectivity index (χ1) is 10.3. The van der Waals surface area contributed by atoms with E-state index in [1.807, 2.05) is 54.6 Å². The van der Waals surface area contributed by atoms with E-state index < -0.39 is 0 Å². The Labute approximate surface area is 125 Å². The van der Waals surface area contributed by atoms with Crippen molar-refractivity contribution in [1.29, 1.82) is 0 Å². The molecule has 0 N–H and O–H groups in total. The SMILES string of the molecule is CCCCc1cc2ccccc2[n+]([O-])c1-c1ccccc1. The Morgan fingerprint density at radius 3 is 2.43 bits per heavy atom. The maximum absolute atomic E-state index is 12.8. The number of benzene rings is 2. The van der Waals surface area contributed by atoms with Gasteiger partial charge in [0.2, 0.25) is 11.2 Å². The largest absolute Gasteiger partial charge is 0.618 e. The Bertz CT molecular complexity index is 750. The van der Waals surface area contributed by atoms with Crippen LogP contribution in [0.5, 0.6) is 0 Å². The highest BCUT2D eigenvalue weighted by atomic mass is 16.5. The lowest BCUT2D eigenvalue weighted by molar-refractivity contribution is -0.565. The van der Waals surface area contributed by atoms with Gasteiger partial charge in [0.1, 0.15) is 0 Å². The third-order valence-corrected chi connectivity index (χ3v) is 3.84. The summed E-state index contributed by atoms with van der Waals surface area (Å²) in [6.07, 6.45) is 3.16. The summed E-state index contributed by atoms with van der Waals surface area (Å²) in [4.78, 5) is 0. The van der Waals surface area contributed by atoms with E-state index >= 15 is 0 Å². The van der Waals surface area contributed by atoms with Gasteiger partial charge >= 0.3 is 0 Å². The van der Waals surface area contributed by atoms with Crippen LogP contribution in [0.15, 0.2) is 60.7 Å². The van der Waals surface area contributed by atoms with Crippen molar-refractivity contribution in [3.05, 3.63) is 71.4 Å². The van der Waals surface area contributed by atoms with Crippen molar-refractivity contribution >= 4 is 10.9 Å². The molecule has 3 aromatic rings. The predicted molar refractivity (Wildman–Crippen MR) is 87.0 cm³/mol. The van der Waals surface area contributed by atoms with Gasteiger partial charge in [-0.05, 0) is 37.1 Å². The molecule has 0 atom stereocenters. The quantitative estimate of drug-likeness (QED) is 0.510. The molecule has 1 aromatic heterocycles. The minimum atomic E-state index is 0.733. The number of fused-ring (bicyclic) bond motifs is 1. The number of hydrogen-bond acceptors (Lipinski definition) is 1. The molecule has 2 nitrogen and oxygen atoms in total. The van der Waals surface area contributed by atoms with Crippen LogP contribution in [0.3, 0.4) is 0 Å². The zero-order chi connectivity index (χ0) is 14.7. The summed E-state index contributed by atoms with van der Waals surface area (Å²) in [6, 6.07) is 19.9. The minimum absolute atomic E-state index is 0.733. The summed E-state index contributed by atoms with van der Waals surface area (Å²) in [6.45, 7) is 2.18. The lowest BCUT2D eigenvalue weighted by atomic mass is 9.99. The number of pyridine rings is 1. The van der Waals surface area contributed by atoms with Gasteiger partial charge in [0, 0.05) is 22.6 Å². The van der Waals surface area contributed by atoms with Gasteiger partial charge in [-0.1, -0.05) is 43.7 Å². The van der Waals surface area contributed by atoms with Crippen molar-refractivity contribution in [2.45, 2.75) is 26.2 Å². The molecular formula is C19H19NO. The van der Waals surface area contributed by atoms with E-state index in [2.05, 4.69) is 13.0 Å². The number of unbranched alkanes of at least 4 members (excludes halogenated alkanes) is 1. The topological polar surface area (TPSA) is 26.9 Å². The highest BCUT2D eigenvalue weighted by Crippen LogP contribution is 2.25. The molecule has 0 bridgehead atoms. The molecule has 106 valence electrons. The van der Waals surface area contributed by atoms with E-state index in [9.17, 15) is 5.21 Å². The number of aromatic nitrogens is 1. The van der Waals surface area contributed by atoms with Crippen molar-refractivity contribution in [1.82, 2.24) is 0 Å². The summed E-state index contributed by atoms with van der Waals surface area (Å²) >= 11 is 0. The van der Waals surface area contributed by atoms with Gasteiger partial charge in [-0.3, -0.25) is 0 Å². The highest BCUT2D eigenvalue weighted by Gasteiger charge is 2.18. The summed E-state index contributed by atoms with van der Waals surface area (Å²) in [5.41, 5.74) is 3.65. The third-order valence-electron chi connectivity index (χ3n) is 3.84. The van der Waals surface area contributed by atoms with E-state index in [0.717, 1.165) is 51.7 Å². The van der Waals surface area contributed by atoms with E-state index in [-0.39, 0.29) is 0 Å². The smallest absolute Gasteiger partial charge is 0.227 e. The molecule has 21 heavy (non-hydrogen) atoms. The Morgan fingerprint density at radius 2 is 1.67 bits per heavy atom. The standard InChI is InChI=1S/C19H19NO/c1-2-3-9-17-14-16-12-7-8-13-18(16)20(21)19(17)15-10-5-4-6-11-15/h4-8,10-14H,2-3,9H2,1H3. The second-order valence-corrected chi connectivity index (χ2v) is 5.34. The second-order valence-electron chi connectivity index (χ2n) is 5.34. The first-order valence-electron chi connectivity index (χ1n) is 7.51. The predicted octanol–water partition coefficient (Wildman–Crippen LogP) is 4.48. The molecule has 3 rings (SSSR count). The zero-order valence-electron chi connectivity index (χ0n) is 12.3. The van der Waals surface area contributed by atoms with Gasteiger partial charge in [-0.25, -0.2) is 0 Å². The summed E-state index contributed by atoms with van der Waals surface area (Å²) < 4.78 is 1.09. The molecule has 0 aliphatic carbocycles. The molecular weight excluding hydrogens is 258 g/mol. The van der Waals surface area contributed by atoms with Crippen LogP contribution in [0.1, 0.15) is 25.3 Å². The molecule has 0 unspecified atom stereocenters. The minimum Gasteiger partial charge on any atom is -0.618 e. The van der Waals surface area contributed by atoms with Crippen LogP contribution in [0.4, 0.5) is 0 Å². The molecule has 0 aliphatic rings. The maximum Gasteiger partial charge on any atom is 0.227 e. The fourth-order valence-corrected chi connectivity index (χ4v) is 2.76. The number of nitrogens with zero attached hydrogens (tertiary/aromatic N) is 1. The van der Waals surface area contributed by atoms with Crippen molar-refractivity contribution in [2.24, 2.45) is 0 Å². The van der Waals surface area contributed by atoms with Gasteiger partial charge in [-0.2, -0.15) is 4.73 Å². The summed E-state index contributed by atoms with van der Waals surface area (Å²) in [5.74, 6) is 0. The van der Waals surface area contributed by atoms with Gasteiger partial charge in [0.15, 0.2) is 0 Å². The van der Waals surface area contributed by atoms with Gasteiger partial charge in [0.25, 0.3) is 0 Å².